The molecular weight excluding hydrogens is 513 g/mol. The van der Waals surface area contributed by atoms with E-state index in [0.29, 0.717) is 17.3 Å². The molecule has 5 rings (SSSR count). The quantitative estimate of drug-likeness (QED) is 0.288. The first kappa shape index (κ1) is 24.8. The summed E-state index contributed by atoms with van der Waals surface area (Å²) in [6.07, 6.45) is 3.57. The number of para-hydroxylation sites is 1. The Labute approximate surface area is 221 Å². The zero-order valence-electron chi connectivity index (χ0n) is 19.7. The Morgan fingerprint density at radius 2 is 1.84 bits per heavy atom. The van der Waals surface area contributed by atoms with Gasteiger partial charge in [0.1, 0.15) is 12.4 Å². The standard InChI is InChI=1S/C28H21ClFN3O3S/c1-17-6-11-21(13-23(17)29)31-26(34)16-33-27(35)25(37-28(33)36)12-19-15-32(24-5-3-2-4-22(19)24)14-18-7-9-20(30)10-8-18/h2-13,15H,14,16H2,1H3,(H,31,34)/b25-12-. The van der Waals surface area contributed by atoms with Gasteiger partial charge in [0.25, 0.3) is 11.1 Å². The van der Waals surface area contributed by atoms with Gasteiger partial charge in [-0.2, -0.15) is 0 Å². The van der Waals surface area contributed by atoms with Crippen LogP contribution in [0, 0.1) is 12.7 Å². The van der Waals surface area contributed by atoms with Crippen molar-refractivity contribution in [2.45, 2.75) is 13.5 Å². The second-order valence-corrected chi connectivity index (χ2v) is 10.0. The van der Waals surface area contributed by atoms with E-state index in [9.17, 15) is 18.8 Å². The predicted octanol–water partition coefficient (Wildman–Crippen LogP) is 6.47. The van der Waals surface area contributed by atoms with E-state index in [-0.39, 0.29) is 10.7 Å². The Hall–Kier alpha value is -3.88. The van der Waals surface area contributed by atoms with Crippen LogP contribution in [0.1, 0.15) is 16.7 Å². The first-order chi connectivity index (χ1) is 17.8. The largest absolute Gasteiger partial charge is 0.342 e. The number of rotatable bonds is 6. The molecule has 0 unspecified atom stereocenters. The summed E-state index contributed by atoms with van der Waals surface area (Å²) in [5.41, 5.74) is 3.98. The highest BCUT2D eigenvalue weighted by molar-refractivity contribution is 8.18. The van der Waals surface area contributed by atoms with Gasteiger partial charge >= 0.3 is 0 Å². The molecule has 37 heavy (non-hydrogen) atoms. The highest BCUT2D eigenvalue weighted by Gasteiger charge is 2.36. The molecule has 0 aliphatic carbocycles. The Balaban J connectivity index is 1.36. The van der Waals surface area contributed by atoms with Crippen LogP contribution in [0.25, 0.3) is 17.0 Å². The van der Waals surface area contributed by atoms with Crippen molar-refractivity contribution < 1.29 is 18.8 Å². The van der Waals surface area contributed by atoms with Crippen LogP contribution >= 0.6 is 23.4 Å². The number of hydrogen-bond donors (Lipinski definition) is 1. The summed E-state index contributed by atoms with van der Waals surface area (Å²) in [5, 5.41) is 3.57. The van der Waals surface area contributed by atoms with Gasteiger partial charge in [-0.1, -0.05) is 48.0 Å². The zero-order valence-corrected chi connectivity index (χ0v) is 21.3. The topological polar surface area (TPSA) is 71.4 Å². The minimum absolute atomic E-state index is 0.237. The average molecular weight is 534 g/mol. The van der Waals surface area contributed by atoms with Crippen molar-refractivity contribution in [2.24, 2.45) is 0 Å². The summed E-state index contributed by atoms with van der Waals surface area (Å²) < 4.78 is 15.3. The van der Waals surface area contributed by atoms with Crippen LogP contribution in [-0.2, 0) is 16.1 Å². The molecule has 0 spiro atoms. The molecule has 1 aliphatic rings. The highest BCUT2D eigenvalue weighted by atomic mass is 35.5. The van der Waals surface area contributed by atoms with Gasteiger partial charge in [0, 0.05) is 39.9 Å². The Morgan fingerprint density at radius 1 is 1.08 bits per heavy atom. The van der Waals surface area contributed by atoms with Crippen molar-refractivity contribution in [3.05, 3.63) is 105 Å². The lowest BCUT2D eigenvalue weighted by molar-refractivity contribution is -0.127. The van der Waals surface area contributed by atoms with Gasteiger partial charge in [-0.15, -0.1) is 0 Å². The van der Waals surface area contributed by atoms with E-state index < -0.39 is 23.6 Å². The summed E-state index contributed by atoms with van der Waals surface area (Å²) >= 11 is 6.91. The number of halogens is 2. The molecule has 1 N–H and O–H groups in total. The number of carbonyl (C=O) groups excluding carboxylic acids is 3. The Bertz CT molecular complexity index is 1580. The lowest BCUT2D eigenvalue weighted by atomic mass is 10.1. The van der Waals surface area contributed by atoms with Crippen LogP contribution in [0.15, 0.2) is 77.8 Å². The molecule has 3 amide bonds. The number of thioether (sulfide) groups is 1. The third kappa shape index (κ3) is 5.30. The maximum atomic E-state index is 13.3. The maximum absolute atomic E-state index is 13.3. The molecule has 2 heterocycles. The second kappa shape index (κ2) is 10.2. The Morgan fingerprint density at radius 3 is 2.59 bits per heavy atom. The maximum Gasteiger partial charge on any atom is 0.294 e. The molecule has 3 aromatic carbocycles. The fraction of sp³-hybridized carbons (Fsp3) is 0.107. The molecule has 6 nitrogen and oxygen atoms in total. The number of imide groups is 1. The van der Waals surface area contributed by atoms with Crippen LogP contribution in [-0.4, -0.2) is 33.1 Å². The van der Waals surface area contributed by atoms with E-state index >= 15 is 0 Å². The number of nitrogens with zero attached hydrogens (tertiary/aromatic N) is 2. The lowest BCUT2D eigenvalue weighted by Crippen LogP contribution is -2.36. The number of aryl methyl sites for hydroxylation is 1. The highest BCUT2D eigenvalue weighted by Crippen LogP contribution is 2.34. The molecule has 186 valence electrons. The number of aromatic nitrogens is 1. The molecule has 0 bridgehead atoms. The van der Waals surface area contributed by atoms with Gasteiger partial charge in [-0.25, -0.2) is 4.39 Å². The molecule has 1 saturated heterocycles. The van der Waals surface area contributed by atoms with E-state index in [4.69, 9.17) is 11.6 Å². The van der Waals surface area contributed by atoms with Crippen molar-refractivity contribution in [3.63, 3.8) is 0 Å². The minimum atomic E-state index is -0.526. The molecule has 9 heteroatoms. The number of benzene rings is 3. The van der Waals surface area contributed by atoms with Gasteiger partial charge in [-0.3, -0.25) is 19.3 Å². The summed E-state index contributed by atoms with van der Waals surface area (Å²) in [5.74, 6) is -1.32. The van der Waals surface area contributed by atoms with Crippen LogP contribution in [0.5, 0.6) is 0 Å². The van der Waals surface area contributed by atoms with E-state index in [1.165, 1.54) is 12.1 Å². The van der Waals surface area contributed by atoms with E-state index in [1.54, 1.807) is 36.4 Å². The number of anilines is 1. The van der Waals surface area contributed by atoms with Crippen molar-refractivity contribution in [1.82, 2.24) is 9.47 Å². The predicted molar refractivity (Wildman–Crippen MR) is 145 cm³/mol. The monoisotopic (exact) mass is 533 g/mol. The SMILES string of the molecule is Cc1ccc(NC(=O)CN2C(=O)S/C(=C\c3cn(Cc4ccc(F)cc4)c4ccccc34)C2=O)cc1Cl. The first-order valence-corrected chi connectivity index (χ1v) is 12.6. The van der Waals surface area contributed by atoms with Crippen molar-refractivity contribution >= 4 is 63.1 Å². The molecule has 0 atom stereocenters. The number of amides is 3. The fourth-order valence-corrected chi connectivity index (χ4v) is 5.11. The number of carbonyl (C=O) groups is 3. The van der Waals surface area contributed by atoms with Crippen molar-refractivity contribution in [2.75, 3.05) is 11.9 Å². The molecule has 0 radical (unpaired) electrons. The molecule has 0 saturated carbocycles. The van der Waals surface area contributed by atoms with Gasteiger partial charge in [-0.05, 0) is 66.2 Å². The normalized spacial score (nSPS) is 14.7. The molecular formula is C28H21ClFN3O3S. The van der Waals surface area contributed by atoms with E-state index in [1.807, 2.05) is 42.0 Å². The Kier molecular flexibility index (Phi) is 6.86. The summed E-state index contributed by atoms with van der Waals surface area (Å²) in [6.45, 7) is 1.96. The van der Waals surface area contributed by atoms with Gasteiger partial charge < -0.3 is 9.88 Å². The number of hydrogen-bond acceptors (Lipinski definition) is 4. The first-order valence-electron chi connectivity index (χ1n) is 11.4. The van der Waals surface area contributed by atoms with E-state index in [0.717, 1.165) is 44.3 Å². The summed E-state index contributed by atoms with van der Waals surface area (Å²) in [4.78, 5) is 39.3. The van der Waals surface area contributed by atoms with Gasteiger partial charge in [0.2, 0.25) is 5.91 Å². The third-order valence-corrected chi connectivity index (χ3v) is 7.32. The summed E-state index contributed by atoms with van der Waals surface area (Å²) in [6, 6.07) is 19.1. The molecule has 4 aromatic rings. The van der Waals surface area contributed by atoms with Crippen molar-refractivity contribution in [1.29, 1.82) is 0 Å². The third-order valence-electron chi connectivity index (χ3n) is 6.00. The second-order valence-electron chi connectivity index (χ2n) is 8.64. The minimum Gasteiger partial charge on any atom is -0.342 e. The smallest absolute Gasteiger partial charge is 0.294 e. The van der Waals surface area contributed by atoms with Crippen LogP contribution < -0.4 is 5.32 Å². The average Bonchev–Trinajstić information content (AvgIpc) is 3.35. The van der Waals surface area contributed by atoms with Gasteiger partial charge in [0.15, 0.2) is 0 Å². The lowest BCUT2D eigenvalue weighted by Gasteiger charge is -2.12. The number of nitrogens with one attached hydrogen (secondary N) is 1. The summed E-state index contributed by atoms with van der Waals surface area (Å²) in [7, 11) is 0. The van der Waals surface area contributed by atoms with Crippen LogP contribution in [0.4, 0.5) is 14.9 Å². The fourth-order valence-electron chi connectivity index (χ4n) is 4.10. The zero-order chi connectivity index (χ0) is 26.1. The van der Waals surface area contributed by atoms with Crippen molar-refractivity contribution in [3.8, 4) is 0 Å². The van der Waals surface area contributed by atoms with Crippen LogP contribution in [0.3, 0.4) is 0 Å². The molecule has 1 fully saturated rings. The molecule has 1 aromatic heterocycles. The molecule has 1 aliphatic heterocycles. The van der Waals surface area contributed by atoms with Gasteiger partial charge in [0.05, 0.1) is 4.91 Å². The van der Waals surface area contributed by atoms with Crippen LogP contribution in [0.2, 0.25) is 5.02 Å². The number of fused-ring (bicyclic) bond motifs is 1. The van der Waals surface area contributed by atoms with E-state index in [2.05, 4.69) is 5.32 Å².